The fraction of sp³-hybridized carbons (Fsp3) is 0.565. The molecule has 1 aliphatic heterocycles. The van der Waals surface area contributed by atoms with Gasteiger partial charge in [0.2, 0.25) is 5.91 Å². The lowest BCUT2D eigenvalue weighted by atomic mass is 10.0. The van der Waals surface area contributed by atoms with E-state index in [1.54, 1.807) is 41.9 Å². The van der Waals surface area contributed by atoms with Crippen molar-refractivity contribution in [3.8, 4) is 0 Å². The minimum atomic E-state index is -0.522. The zero-order valence-corrected chi connectivity index (χ0v) is 19.9. The molecule has 11 heteroatoms. The molecule has 2 bridgehead atoms. The van der Waals surface area contributed by atoms with E-state index in [1.807, 2.05) is 6.92 Å². The molecule has 0 unspecified atom stereocenters. The number of fused-ring (bicyclic) bond motifs is 2. The maximum atomic E-state index is 14.0. The SMILES string of the molecule is C[C@@H]1CN([C@H](C)CO)C(=O)CCCn2cc(nn2)CO[C@@H]1CN(C)C(=O)Nc1ccccc1F. The summed E-state index contributed by atoms with van der Waals surface area (Å²) in [6.07, 6.45) is 2.26. The van der Waals surface area contributed by atoms with Crippen LogP contribution >= 0.6 is 0 Å². The number of benzene rings is 1. The van der Waals surface area contributed by atoms with Crippen LogP contribution < -0.4 is 5.32 Å². The number of nitrogens with one attached hydrogen (secondary N) is 1. The maximum Gasteiger partial charge on any atom is 0.321 e. The van der Waals surface area contributed by atoms with Gasteiger partial charge in [-0.2, -0.15) is 0 Å². The predicted octanol–water partition coefficient (Wildman–Crippen LogP) is 2.11. The average molecular weight is 477 g/mol. The van der Waals surface area contributed by atoms with Crippen molar-refractivity contribution in [2.24, 2.45) is 5.92 Å². The van der Waals surface area contributed by atoms with Crippen LogP contribution in [0.2, 0.25) is 0 Å². The normalized spacial score (nSPS) is 20.6. The van der Waals surface area contributed by atoms with E-state index in [0.717, 1.165) is 0 Å². The molecule has 2 N–H and O–H groups in total. The Morgan fingerprint density at radius 1 is 1.41 bits per heavy atom. The number of aryl methyl sites for hydroxylation is 1. The van der Waals surface area contributed by atoms with E-state index < -0.39 is 18.0 Å². The molecule has 2 aromatic rings. The molecular formula is C23H33FN6O4. The van der Waals surface area contributed by atoms with E-state index in [4.69, 9.17) is 4.74 Å². The summed E-state index contributed by atoms with van der Waals surface area (Å²) in [5.74, 6) is -0.749. The molecule has 3 amide bonds. The number of aromatic nitrogens is 3. The number of carbonyl (C=O) groups excluding carboxylic acids is 2. The third kappa shape index (κ3) is 6.73. The van der Waals surface area contributed by atoms with Gasteiger partial charge in [-0.1, -0.05) is 24.3 Å². The van der Waals surface area contributed by atoms with E-state index in [2.05, 4.69) is 15.6 Å². The molecule has 2 heterocycles. The highest BCUT2D eigenvalue weighted by Crippen LogP contribution is 2.18. The summed E-state index contributed by atoms with van der Waals surface area (Å²) in [7, 11) is 1.60. The Labute approximate surface area is 198 Å². The fourth-order valence-electron chi connectivity index (χ4n) is 3.82. The minimum Gasteiger partial charge on any atom is -0.394 e. The van der Waals surface area contributed by atoms with Gasteiger partial charge in [0.1, 0.15) is 11.5 Å². The zero-order valence-electron chi connectivity index (χ0n) is 19.9. The van der Waals surface area contributed by atoms with Crippen LogP contribution in [0.4, 0.5) is 14.9 Å². The number of carbonyl (C=O) groups is 2. The summed E-state index contributed by atoms with van der Waals surface area (Å²) in [6.45, 7) is 4.90. The smallest absolute Gasteiger partial charge is 0.321 e. The molecule has 186 valence electrons. The summed E-state index contributed by atoms with van der Waals surface area (Å²) >= 11 is 0. The molecule has 1 aromatic carbocycles. The van der Waals surface area contributed by atoms with Gasteiger partial charge in [-0.15, -0.1) is 5.10 Å². The summed E-state index contributed by atoms with van der Waals surface area (Å²) in [5, 5.41) is 20.5. The van der Waals surface area contributed by atoms with Gasteiger partial charge >= 0.3 is 6.03 Å². The molecule has 0 spiro atoms. The van der Waals surface area contributed by atoms with Crippen molar-refractivity contribution in [3.05, 3.63) is 42.0 Å². The number of para-hydroxylation sites is 1. The van der Waals surface area contributed by atoms with Gasteiger partial charge in [-0.05, 0) is 25.5 Å². The van der Waals surface area contributed by atoms with E-state index in [9.17, 15) is 19.1 Å². The topological polar surface area (TPSA) is 113 Å². The quantitative estimate of drug-likeness (QED) is 0.684. The molecule has 34 heavy (non-hydrogen) atoms. The Balaban J connectivity index is 1.76. The largest absolute Gasteiger partial charge is 0.394 e. The molecule has 1 aromatic heterocycles. The van der Waals surface area contributed by atoms with Crippen molar-refractivity contribution < 1.29 is 23.8 Å². The van der Waals surface area contributed by atoms with Gasteiger partial charge in [0.25, 0.3) is 0 Å². The number of nitrogens with zero attached hydrogens (tertiary/aromatic N) is 5. The zero-order chi connectivity index (χ0) is 24.7. The van der Waals surface area contributed by atoms with Crippen LogP contribution in [0.15, 0.2) is 30.5 Å². The van der Waals surface area contributed by atoms with Crippen LogP contribution in [0.1, 0.15) is 32.4 Å². The first-order valence-electron chi connectivity index (χ1n) is 11.5. The maximum absolute atomic E-state index is 14.0. The lowest BCUT2D eigenvalue weighted by Gasteiger charge is -2.35. The first-order valence-corrected chi connectivity index (χ1v) is 11.5. The number of amides is 3. The van der Waals surface area contributed by atoms with E-state index in [1.165, 1.54) is 17.0 Å². The van der Waals surface area contributed by atoms with Gasteiger partial charge in [-0.3, -0.25) is 9.48 Å². The van der Waals surface area contributed by atoms with Crippen molar-refractivity contribution >= 4 is 17.6 Å². The van der Waals surface area contributed by atoms with Crippen LogP contribution in [0.25, 0.3) is 0 Å². The molecule has 0 saturated carbocycles. The van der Waals surface area contributed by atoms with Crippen LogP contribution in [-0.4, -0.2) is 80.7 Å². The molecule has 0 radical (unpaired) electrons. The van der Waals surface area contributed by atoms with E-state index >= 15 is 0 Å². The van der Waals surface area contributed by atoms with Gasteiger partial charge < -0.3 is 25.0 Å². The van der Waals surface area contributed by atoms with Crippen molar-refractivity contribution in [1.29, 1.82) is 0 Å². The van der Waals surface area contributed by atoms with E-state index in [0.29, 0.717) is 31.6 Å². The fourth-order valence-corrected chi connectivity index (χ4v) is 3.82. The number of hydrogen-bond donors (Lipinski definition) is 2. The lowest BCUT2D eigenvalue weighted by Crippen LogP contribution is -2.48. The molecular weight excluding hydrogens is 443 g/mol. The van der Waals surface area contributed by atoms with Gasteiger partial charge in [0.05, 0.1) is 37.2 Å². The minimum absolute atomic E-state index is 0.0580. The molecule has 0 aliphatic carbocycles. The summed E-state index contributed by atoms with van der Waals surface area (Å²) in [5.41, 5.74) is 0.746. The van der Waals surface area contributed by atoms with Gasteiger partial charge in [-0.25, -0.2) is 9.18 Å². The standard InChI is InChI=1S/C23H33FN6O4/c1-16-11-30(17(2)14-31)22(32)9-6-10-29-12-18(26-27-29)15-34-21(16)13-28(3)23(33)25-20-8-5-4-7-19(20)24/h4-5,7-8,12,16-17,21,31H,6,9-11,13-15H2,1-3H3,(H,25,33)/t16-,17-,21-/m1/s1. The second-order valence-electron chi connectivity index (χ2n) is 8.77. The Morgan fingerprint density at radius 2 is 2.18 bits per heavy atom. The first kappa shape index (κ1) is 25.6. The Bertz CT molecular complexity index is 970. The summed E-state index contributed by atoms with van der Waals surface area (Å²) in [4.78, 5) is 28.7. The van der Waals surface area contributed by atoms with Crippen LogP contribution in [0.3, 0.4) is 0 Å². The Hall–Kier alpha value is -3.05. The number of likely N-dealkylation sites (N-methyl/N-ethyl adjacent to an activating group) is 1. The average Bonchev–Trinajstić information content (AvgIpc) is 3.27. The summed E-state index contributed by atoms with van der Waals surface area (Å²) < 4.78 is 21.8. The second kappa shape index (κ2) is 11.9. The van der Waals surface area contributed by atoms with Crippen molar-refractivity contribution in [2.45, 2.75) is 52.0 Å². The number of rotatable bonds is 5. The molecule has 3 rings (SSSR count). The molecule has 10 nitrogen and oxygen atoms in total. The van der Waals surface area contributed by atoms with Crippen molar-refractivity contribution in [3.63, 3.8) is 0 Å². The number of aliphatic hydroxyl groups excluding tert-OH is 1. The highest BCUT2D eigenvalue weighted by atomic mass is 19.1. The van der Waals surface area contributed by atoms with Crippen LogP contribution in [-0.2, 0) is 22.7 Å². The van der Waals surface area contributed by atoms with Crippen molar-refractivity contribution in [2.75, 3.05) is 32.1 Å². The third-order valence-electron chi connectivity index (χ3n) is 5.96. The Morgan fingerprint density at radius 3 is 2.91 bits per heavy atom. The predicted molar refractivity (Wildman–Crippen MR) is 123 cm³/mol. The number of hydrogen-bond acceptors (Lipinski definition) is 6. The summed E-state index contributed by atoms with van der Waals surface area (Å²) in [6, 6.07) is 5.13. The van der Waals surface area contributed by atoms with Crippen LogP contribution in [0, 0.1) is 11.7 Å². The monoisotopic (exact) mass is 476 g/mol. The number of urea groups is 1. The van der Waals surface area contributed by atoms with Crippen molar-refractivity contribution in [1.82, 2.24) is 24.8 Å². The Kier molecular flexibility index (Phi) is 8.94. The van der Waals surface area contributed by atoms with Crippen LogP contribution in [0.5, 0.6) is 0 Å². The molecule has 0 fully saturated rings. The molecule has 1 aliphatic rings. The number of anilines is 1. The van der Waals surface area contributed by atoms with E-state index in [-0.39, 0.29) is 43.3 Å². The first-order chi connectivity index (χ1) is 16.3. The second-order valence-corrected chi connectivity index (χ2v) is 8.77. The highest BCUT2D eigenvalue weighted by molar-refractivity contribution is 5.89. The highest BCUT2D eigenvalue weighted by Gasteiger charge is 2.29. The number of ether oxygens (including phenoxy) is 1. The third-order valence-corrected chi connectivity index (χ3v) is 5.96. The van der Waals surface area contributed by atoms with Gasteiger partial charge in [0.15, 0.2) is 0 Å². The van der Waals surface area contributed by atoms with Gasteiger partial charge in [0, 0.05) is 39.0 Å². The molecule has 0 saturated heterocycles. The number of aliphatic hydroxyl groups is 1. The number of halogens is 1. The lowest BCUT2D eigenvalue weighted by molar-refractivity contribution is -0.136. The molecule has 3 atom stereocenters.